The fraction of sp³-hybridized carbons (Fsp3) is 0.308. The van der Waals surface area contributed by atoms with Crippen LogP contribution < -0.4 is 11.1 Å². The monoisotopic (exact) mass is 273 g/mol. The molecule has 3 heterocycles. The average molecular weight is 273 g/mol. The number of ether oxygens (including phenoxy) is 1. The van der Waals surface area contributed by atoms with Gasteiger partial charge in [0.1, 0.15) is 11.5 Å². The van der Waals surface area contributed by atoms with Gasteiger partial charge in [-0.15, -0.1) is 0 Å². The van der Waals surface area contributed by atoms with Crippen molar-refractivity contribution in [2.45, 2.75) is 12.6 Å². The minimum Gasteiger partial charge on any atom is -0.383 e. The molecule has 1 aliphatic heterocycles. The summed E-state index contributed by atoms with van der Waals surface area (Å²) in [6.07, 6.45) is 1.62. The van der Waals surface area contributed by atoms with E-state index in [9.17, 15) is 4.79 Å². The zero-order valence-electron chi connectivity index (χ0n) is 11.0. The van der Waals surface area contributed by atoms with Crippen molar-refractivity contribution in [1.82, 2.24) is 20.1 Å². The van der Waals surface area contributed by atoms with Gasteiger partial charge in [0.15, 0.2) is 0 Å². The normalized spacial score (nSPS) is 17.6. The van der Waals surface area contributed by atoms with Crippen LogP contribution in [0.5, 0.6) is 0 Å². The molecule has 0 unspecified atom stereocenters. The largest absolute Gasteiger partial charge is 0.383 e. The van der Waals surface area contributed by atoms with Gasteiger partial charge in [0.2, 0.25) is 0 Å². The summed E-state index contributed by atoms with van der Waals surface area (Å²) in [7, 11) is 1.60. The molecule has 0 saturated carbocycles. The Bertz CT molecular complexity index is 652. The second-order valence-electron chi connectivity index (χ2n) is 4.66. The third-order valence-corrected chi connectivity index (χ3v) is 3.22. The smallest absolute Gasteiger partial charge is 0.269 e. The Hall–Kier alpha value is -2.41. The molecule has 0 aliphatic carbocycles. The summed E-state index contributed by atoms with van der Waals surface area (Å²) in [4.78, 5) is 16.1. The molecule has 0 saturated heterocycles. The van der Waals surface area contributed by atoms with Crippen LogP contribution in [-0.2, 0) is 11.3 Å². The van der Waals surface area contributed by atoms with Gasteiger partial charge in [-0.05, 0) is 18.2 Å². The molecule has 0 aromatic carbocycles. The molecule has 3 rings (SSSR count). The molecular formula is C13H15N5O2. The molecule has 1 aliphatic rings. The summed E-state index contributed by atoms with van der Waals surface area (Å²) in [6, 6.07) is 5.28. The highest BCUT2D eigenvalue weighted by atomic mass is 16.5. The van der Waals surface area contributed by atoms with E-state index in [4.69, 9.17) is 10.5 Å². The number of amides is 1. The molecule has 7 nitrogen and oxygen atoms in total. The number of aromatic nitrogens is 3. The molecule has 1 atom stereocenters. The molecule has 0 spiro atoms. The number of pyridine rings is 1. The number of hydrogen-bond acceptors (Lipinski definition) is 5. The molecule has 2 aromatic rings. The van der Waals surface area contributed by atoms with Crippen LogP contribution in [0.2, 0.25) is 0 Å². The third-order valence-electron chi connectivity index (χ3n) is 3.22. The summed E-state index contributed by atoms with van der Waals surface area (Å²) in [5.41, 5.74) is 7.74. The summed E-state index contributed by atoms with van der Waals surface area (Å²) in [5, 5.41) is 7.33. The Labute approximate surface area is 115 Å². The highest BCUT2D eigenvalue weighted by molar-refractivity contribution is 5.94. The lowest BCUT2D eigenvalue weighted by Gasteiger charge is -2.23. The molecule has 20 heavy (non-hydrogen) atoms. The van der Waals surface area contributed by atoms with Gasteiger partial charge in [0, 0.05) is 18.9 Å². The van der Waals surface area contributed by atoms with Crippen LogP contribution in [0.25, 0.3) is 11.3 Å². The molecule has 0 fully saturated rings. The standard InChI is InChI=1S/C13H15N5O2/c1-20-7-8-6-18-11(13(19)16-8)5-10(17-18)9-3-2-4-15-12(9)14/h2-5,8H,6-7H2,1H3,(H2,14,15)(H,16,19)/t8-/m0/s1. The van der Waals surface area contributed by atoms with Crippen LogP contribution >= 0.6 is 0 Å². The first-order valence-electron chi connectivity index (χ1n) is 6.27. The van der Waals surface area contributed by atoms with Crippen LogP contribution in [0.4, 0.5) is 5.82 Å². The second-order valence-corrected chi connectivity index (χ2v) is 4.66. The molecule has 3 N–H and O–H groups in total. The van der Waals surface area contributed by atoms with Gasteiger partial charge in [-0.25, -0.2) is 4.98 Å². The van der Waals surface area contributed by atoms with Crippen LogP contribution in [0.15, 0.2) is 24.4 Å². The predicted molar refractivity (Wildman–Crippen MR) is 73.0 cm³/mol. The van der Waals surface area contributed by atoms with E-state index in [-0.39, 0.29) is 11.9 Å². The van der Waals surface area contributed by atoms with Gasteiger partial charge in [-0.2, -0.15) is 5.10 Å². The SMILES string of the molecule is COC[C@@H]1Cn2nc(-c3cccnc3N)cc2C(=O)N1. The third kappa shape index (κ3) is 2.12. The molecule has 1 amide bonds. The zero-order valence-corrected chi connectivity index (χ0v) is 11.0. The van der Waals surface area contributed by atoms with Gasteiger partial charge in [0.25, 0.3) is 5.91 Å². The Morgan fingerprint density at radius 2 is 2.45 bits per heavy atom. The van der Waals surface area contributed by atoms with E-state index >= 15 is 0 Å². The van der Waals surface area contributed by atoms with E-state index < -0.39 is 0 Å². The average Bonchev–Trinajstić information content (AvgIpc) is 2.84. The van der Waals surface area contributed by atoms with E-state index in [1.165, 1.54) is 0 Å². The lowest BCUT2D eigenvalue weighted by atomic mass is 10.1. The number of fused-ring (bicyclic) bond motifs is 1. The first-order chi connectivity index (χ1) is 9.69. The number of rotatable bonds is 3. The predicted octanol–water partition coefficient (Wildman–Crippen LogP) is 0.286. The molecule has 2 aromatic heterocycles. The minimum absolute atomic E-state index is 0.0704. The quantitative estimate of drug-likeness (QED) is 0.838. The number of carbonyl (C=O) groups excluding carboxylic acids is 1. The van der Waals surface area contributed by atoms with Crippen LogP contribution in [0.1, 0.15) is 10.5 Å². The highest BCUT2D eigenvalue weighted by Gasteiger charge is 2.26. The lowest BCUT2D eigenvalue weighted by Crippen LogP contribution is -2.46. The van der Waals surface area contributed by atoms with Crippen molar-refractivity contribution in [3.05, 3.63) is 30.1 Å². The van der Waals surface area contributed by atoms with Gasteiger partial charge < -0.3 is 15.8 Å². The Morgan fingerprint density at radius 3 is 3.20 bits per heavy atom. The number of nitrogens with two attached hydrogens (primary N) is 1. The van der Waals surface area contributed by atoms with E-state index in [1.807, 2.05) is 6.07 Å². The Kier molecular flexibility index (Phi) is 3.11. The van der Waals surface area contributed by atoms with E-state index in [0.29, 0.717) is 30.4 Å². The van der Waals surface area contributed by atoms with Crippen molar-refractivity contribution >= 4 is 11.7 Å². The lowest BCUT2D eigenvalue weighted by molar-refractivity contribution is 0.0832. The molecule has 0 bridgehead atoms. The highest BCUT2D eigenvalue weighted by Crippen LogP contribution is 2.24. The van der Waals surface area contributed by atoms with Gasteiger partial charge in [-0.3, -0.25) is 9.48 Å². The van der Waals surface area contributed by atoms with Crippen LogP contribution in [-0.4, -0.2) is 40.4 Å². The summed E-state index contributed by atoms with van der Waals surface area (Å²) in [6.45, 7) is 1.03. The minimum atomic E-state index is -0.153. The maximum absolute atomic E-state index is 12.0. The number of nitrogens with zero attached hydrogens (tertiary/aromatic N) is 3. The van der Waals surface area contributed by atoms with Gasteiger partial charge in [0.05, 0.1) is 24.9 Å². The first kappa shape index (κ1) is 12.6. The Balaban J connectivity index is 1.97. The molecular weight excluding hydrogens is 258 g/mol. The fourth-order valence-corrected chi connectivity index (χ4v) is 2.31. The van der Waals surface area contributed by atoms with Crippen LogP contribution in [0.3, 0.4) is 0 Å². The fourth-order valence-electron chi connectivity index (χ4n) is 2.31. The topological polar surface area (TPSA) is 95.1 Å². The summed E-state index contributed by atoms with van der Waals surface area (Å²) in [5.74, 6) is 0.247. The Morgan fingerprint density at radius 1 is 1.60 bits per heavy atom. The number of hydrogen-bond donors (Lipinski definition) is 2. The van der Waals surface area contributed by atoms with Crippen LogP contribution in [0, 0.1) is 0 Å². The number of nitrogen functional groups attached to an aromatic ring is 1. The number of nitrogens with one attached hydrogen (secondary N) is 1. The number of carbonyl (C=O) groups is 1. The molecule has 104 valence electrons. The van der Waals surface area contributed by atoms with Crippen molar-refractivity contribution in [2.24, 2.45) is 0 Å². The van der Waals surface area contributed by atoms with E-state index in [0.717, 1.165) is 5.56 Å². The maximum atomic E-state index is 12.0. The van der Waals surface area contributed by atoms with Crippen molar-refractivity contribution < 1.29 is 9.53 Å². The number of methoxy groups -OCH3 is 1. The maximum Gasteiger partial charge on any atom is 0.269 e. The van der Waals surface area contributed by atoms with Crippen molar-refractivity contribution in [2.75, 3.05) is 19.5 Å². The number of anilines is 1. The van der Waals surface area contributed by atoms with E-state index in [1.54, 1.807) is 30.1 Å². The molecule has 0 radical (unpaired) electrons. The van der Waals surface area contributed by atoms with Gasteiger partial charge in [-0.1, -0.05) is 0 Å². The summed E-state index contributed by atoms with van der Waals surface area (Å²) >= 11 is 0. The van der Waals surface area contributed by atoms with E-state index in [2.05, 4.69) is 15.4 Å². The van der Waals surface area contributed by atoms with Gasteiger partial charge >= 0.3 is 0 Å². The van der Waals surface area contributed by atoms with Crippen molar-refractivity contribution in [1.29, 1.82) is 0 Å². The summed E-state index contributed by atoms with van der Waals surface area (Å²) < 4.78 is 6.75. The first-order valence-corrected chi connectivity index (χ1v) is 6.27. The molecule has 7 heteroatoms. The van der Waals surface area contributed by atoms with Crippen molar-refractivity contribution in [3.63, 3.8) is 0 Å². The zero-order chi connectivity index (χ0) is 14.1. The van der Waals surface area contributed by atoms with Crippen molar-refractivity contribution in [3.8, 4) is 11.3 Å². The second kappa shape index (κ2) is 4.93.